The first-order chi connectivity index (χ1) is 16.9. The van der Waals surface area contributed by atoms with E-state index in [-0.39, 0.29) is 41.7 Å². The predicted molar refractivity (Wildman–Crippen MR) is 135 cm³/mol. The van der Waals surface area contributed by atoms with Crippen LogP contribution in [0.5, 0.6) is 5.75 Å². The van der Waals surface area contributed by atoms with Crippen molar-refractivity contribution in [3.8, 4) is 5.75 Å². The van der Waals surface area contributed by atoms with E-state index in [2.05, 4.69) is 5.32 Å². The van der Waals surface area contributed by atoms with E-state index in [1.807, 2.05) is 0 Å². The fraction of sp³-hybridized carbons (Fsp3) is 0.345. The molecule has 2 aromatic carbocycles. The second-order valence-corrected chi connectivity index (χ2v) is 9.71. The lowest BCUT2D eigenvalue weighted by atomic mass is 9.74. The van der Waals surface area contributed by atoms with Gasteiger partial charge in [-0.25, -0.2) is 4.39 Å². The molecular formula is C29H32FNO5. The maximum atomic E-state index is 13.7. The number of para-hydroxylation sites is 1. The van der Waals surface area contributed by atoms with E-state index in [1.165, 1.54) is 24.3 Å². The number of halogens is 1. The molecule has 0 radical (unpaired) electrons. The number of ketones is 2. The van der Waals surface area contributed by atoms with Gasteiger partial charge < -0.3 is 15.5 Å². The molecule has 0 saturated heterocycles. The molecule has 190 valence electrons. The van der Waals surface area contributed by atoms with Crippen LogP contribution >= 0.6 is 0 Å². The zero-order valence-corrected chi connectivity index (χ0v) is 21.0. The lowest BCUT2D eigenvalue weighted by Gasteiger charge is -2.32. The van der Waals surface area contributed by atoms with Crippen LogP contribution in [-0.4, -0.2) is 39.8 Å². The van der Waals surface area contributed by atoms with Crippen LogP contribution in [0.1, 0.15) is 56.5 Å². The highest BCUT2D eigenvalue weighted by Gasteiger charge is 2.36. The Morgan fingerprint density at radius 2 is 1.67 bits per heavy atom. The standard InChI is InChI=1S/C29H32FNO5/c1-17-18(2)27(34)25(19(3)26(17)33)21(13-12-20-8-7-9-22(30)14-20)15-29(4,36)16-31-28(35)23-10-5-6-11-24(23)32/h5-11,14,21,32,36H,12-13,15-16H2,1-4H3,(H,31,35). The van der Waals surface area contributed by atoms with Gasteiger partial charge in [0, 0.05) is 28.8 Å². The monoisotopic (exact) mass is 493 g/mol. The average molecular weight is 494 g/mol. The molecule has 1 aliphatic carbocycles. The molecule has 2 unspecified atom stereocenters. The van der Waals surface area contributed by atoms with Gasteiger partial charge in [0.2, 0.25) is 0 Å². The third-order valence-electron chi connectivity index (χ3n) is 6.78. The van der Waals surface area contributed by atoms with Crippen molar-refractivity contribution in [3.63, 3.8) is 0 Å². The van der Waals surface area contributed by atoms with E-state index in [0.29, 0.717) is 35.1 Å². The van der Waals surface area contributed by atoms with Gasteiger partial charge in [0.1, 0.15) is 11.6 Å². The van der Waals surface area contributed by atoms with E-state index in [1.54, 1.807) is 52.0 Å². The Labute approximate surface area is 210 Å². The number of amides is 1. The molecule has 3 rings (SSSR count). The van der Waals surface area contributed by atoms with Crippen molar-refractivity contribution in [2.75, 3.05) is 6.54 Å². The summed E-state index contributed by atoms with van der Waals surface area (Å²) >= 11 is 0. The zero-order valence-electron chi connectivity index (χ0n) is 21.0. The number of aromatic hydroxyl groups is 1. The highest BCUT2D eigenvalue weighted by Crippen LogP contribution is 2.35. The Balaban J connectivity index is 1.84. The molecule has 0 aromatic heterocycles. The second-order valence-electron chi connectivity index (χ2n) is 9.71. The minimum atomic E-state index is -1.44. The molecule has 1 amide bonds. The Morgan fingerprint density at radius 1 is 1.00 bits per heavy atom. The topological polar surface area (TPSA) is 104 Å². The van der Waals surface area contributed by atoms with Gasteiger partial charge >= 0.3 is 0 Å². The van der Waals surface area contributed by atoms with Crippen molar-refractivity contribution in [2.45, 2.75) is 52.6 Å². The molecule has 0 saturated carbocycles. The molecule has 1 aliphatic rings. The van der Waals surface area contributed by atoms with Crippen molar-refractivity contribution in [1.82, 2.24) is 5.32 Å². The van der Waals surface area contributed by atoms with Gasteiger partial charge in [0.05, 0.1) is 11.2 Å². The Hall–Kier alpha value is -3.58. The van der Waals surface area contributed by atoms with Crippen LogP contribution in [0.2, 0.25) is 0 Å². The molecule has 6 nitrogen and oxygen atoms in total. The summed E-state index contributed by atoms with van der Waals surface area (Å²) in [5.74, 6) is -2.03. The largest absolute Gasteiger partial charge is 0.507 e. The van der Waals surface area contributed by atoms with Crippen LogP contribution in [0.15, 0.2) is 70.8 Å². The van der Waals surface area contributed by atoms with Gasteiger partial charge in [0.25, 0.3) is 5.91 Å². The van der Waals surface area contributed by atoms with Gasteiger partial charge in [-0.3, -0.25) is 14.4 Å². The molecule has 2 atom stereocenters. The van der Waals surface area contributed by atoms with Crippen LogP contribution in [0, 0.1) is 11.7 Å². The first kappa shape index (κ1) is 27.0. The van der Waals surface area contributed by atoms with Gasteiger partial charge in [-0.15, -0.1) is 0 Å². The number of nitrogens with one attached hydrogen (secondary N) is 1. The van der Waals surface area contributed by atoms with E-state index in [4.69, 9.17) is 0 Å². The summed E-state index contributed by atoms with van der Waals surface area (Å²) in [7, 11) is 0. The van der Waals surface area contributed by atoms with Gasteiger partial charge in [-0.05, 0) is 82.7 Å². The Kier molecular flexibility index (Phi) is 8.25. The number of Topliss-reactive ketones (excluding diaryl/α,β-unsaturated/α-hetero) is 2. The number of carbonyl (C=O) groups is 3. The van der Waals surface area contributed by atoms with E-state index >= 15 is 0 Å². The average Bonchev–Trinajstić information content (AvgIpc) is 2.83. The quantitative estimate of drug-likeness (QED) is 0.448. The van der Waals surface area contributed by atoms with E-state index in [0.717, 1.165) is 5.56 Å². The first-order valence-electron chi connectivity index (χ1n) is 11.9. The summed E-state index contributed by atoms with van der Waals surface area (Å²) in [6.45, 7) is 6.28. The minimum absolute atomic E-state index is 0.0822. The lowest BCUT2D eigenvalue weighted by Crippen LogP contribution is -2.43. The number of carbonyl (C=O) groups excluding carboxylic acids is 3. The number of phenolic OH excluding ortho intramolecular Hbond substituents is 1. The summed E-state index contributed by atoms with van der Waals surface area (Å²) in [5, 5.41) is 23.8. The van der Waals surface area contributed by atoms with Crippen molar-refractivity contribution in [3.05, 3.63) is 87.8 Å². The van der Waals surface area contributed by atoms with Crippen LogP contribution < -0.4 is 5.32 Å². The number of benzene rings is 2. The fourth-order valence-electron chi connectivity index (χ4n) is 4.62. The SMILES string of the molecule is CC1=C(C)C(=O)C(C(CCc2cccc(F)c2)CC(C)(O)CNC(=O)c2ccccc2O)=C(C)C1=O. The van der Waals surface area contributed by atoms with E-state index < -0.39 is 17.4 Å². The molecule has 0 heterocycles. The summed E-state index contributed by atoms with van der Waals surface area (Å²) in [4.78, 5) is 38.6. The van der Waals surface area contributed by atoms with Crippen molar-refractivity contribution >= 4 is 17.5 Å². The number of aliphatic hydroxyl groups is 1. The van der Waals surface area contributed by atoms with Crippen LogP contribution in [0.4, 0.5) is 4.39 Å². The molecule has 0 bridgehead atoms. The minimum Gasteiger partial charge on any atom is -0.507 e. The summed E-state index contributed by atoms with van der Waals surface area (Å²) < 4.78 is 13.7. The first-order valence-corrected chi connectivity index (χ1v) is 11.9. The third kappa shape index (κ3) is 6.15. The Bertz CT molecular complexity index is 1260. The molecule has 36 heavy (non-hydrogen) atoms. The highest BCUT2D eigenvalue weighted by atomic mass is 19.1. The highest BCUT2D eigenvalue weighted by molar-refractivity contribution is 6.24. The second kappa shape index (κ2) is 11.0. The van der Waals surface area contributed by atoms with Gasteiger partial charge in [-0.2, -0.15) is 0 Å². The van der Waals surface area contributed by atoms with Crippen molar-refractivity contribution < 1.29 is 29.0 Å². The van der Waals surface area contributed by atoms with Gasteiger partial charge in [-0.1, -0.05) is 24.3 Å². The number of allylic oxidation sites excluding steroid dienone is 4. The molecule has 2 aromatic rings. The molecule has 3 N–H and O–H groups in total. The van der Waals surface area contributed by atoms with Gasteiger partial charge in [0.15, 0.2) is 11.6 Å². The zero-order chi connectivity index (χ0) is 26.6. The number of phenols is 1. The third-order valence-corrected chi connectivity index (χ3v) is 6.78. The van der Waals surface area contributed by atoms with E-state index in [9.17, 15) is 29.0 Å². The fourth-order valence-corrected chi connectivity index (χ4v) is 4.62. The number of hydrogen-bond acceptors (Lipinski definition) is 5. The van der Waals surface area contributed by atoms with Crippen LogP contribution in [0.25, 0.3) is 0 Å². The molecule has 0 spiro atoms. The molecule has 7 heteroatoms. The molecular weight excluding hydrogens is 461 g/mol. The number of hydrogen-bond donors (Lipinski definition) is 3. The lowest BCUT2D eigenvalue weighted by molar-refractivity contribution is -0.117. The number of rotatable bonds is 9. The van der Waals surface area contributed by atoms with Crippen LogP contribution in [0.3, 0.4) is 0 Å². The van der Waals surface area contributed by atoms with Crippen molar-refractivity contribution in [2.24, 2.45) is 5.92 Å². The summed E-state index contributed by atoms with van der Waals surface area (Å²) in [6.07, 6.45) is 0.912. The number of aryl methyl sites for hydroxylation is 1. The predicted octanol–water partition coefficient (Wildman–Crippen LogP) is 4.46. The molecule has 0 fully saturated rings. The maximum Gasteiger partial charge on any atom is 0.255 e. The summed E-state index contributed by atoms with van der Waals surface area (Å²) in [5.41, 5.74) is 0.874. The normalized spacial score (nSPS) is 16.7. The smallest absolute Gasteiger partial charge is 0.255 e. The van der Waals surface area contributed by atoms with Crippen molar-refractivity contribution in [1.29, 1.82) is 0 Å². The van der Waals surface area contributed by atoms with Crippen LogP contribution in [-0.2, 0) is 16.0 Å². The summed E-state index contributed by atoms with van der Waals surface area (Å²) in [6, 6.07) is 12.3. The maximum absolute atomic E-state index is 13.7. The Morgan fingerprint density at radius 3 is 2.33 bits per heavy atom. The molecule has 0 aliphatic heterocycles.